The number of aryl methyl sites for hydroxylation is 1. The summed E-state index contributed by atoms with van der Waals surface area (Å²) in [5, 5.41) is 2.91. The first kappa shape index (κ1) is 16.2. The fraction of sp³-hybridized carbons (Fsp3) is 0.600. The first-order valence-electron chi connectivity index (χ1n) is 6.88. The van der Waals surface area contributed by atoms with E-state index in [0.29, 0.717) is 0 Å². The second kappa shape index (κ2) is 7.06. The molecule has 19 heavy (non-hydrogen) atoms. The summed E-state index contributed by atoms with van der Waals surface area (Å²) in [7, 11) is -3.02. The van der Waals surface area contributed by atoms with Crippen molar-refractivity contribution in [2.24, 2.45) is 0 Å². The molecule has 1 aromatic rings. The van der Waals surface area contributed by atoms with Gasteiger partial charge in [0.15, 0.2) is 9.84 Å². The van der Waals surface area contributed by atoms with Crippen LogP contribution in [0.5, 0.6) is 0 Å². The van der Waals surface area contributed by atoms with E-state index in [1.165, 1.54) is 17.4 Å². The molecular formula is C15H25NO2S. The summed E-state index contributed by atoms with van der Waals surface area (Å²) in [6, 6.07) is 8.39. The Morgan fingerprint density at radius 2 is 1.63 bits per heavy atom. The SMILES string of the molecule is CCNC(Cc1ccc(CC)cc1)C(C)S(C)(=O)=O. The number of hydrogen-bond donors (Lipinski definition) is 1. The van der Waals surface area contributed by atoms with E-state index >= 15 is 0 Å². The van der Waals surface area contributed by atoms with Gasteiger partial charge in [-0.1, -0.05) is 38.1 Å². The Balaban J connectivity index is 2.83. The molecule has 0 radical (unpaired) electrons. The second-order valence-electron chi connectivity index (χ2n) is 5.07. The van der Waals surface area contributed by atoms with Crippen molar-refractivity contribution >= 4 is 9.84 Å². The Labute approximate surface area is 117 Å². The first-order valence-corrected chi connectivity index (χ1v) is 8.84. The zero-order valence-electron chi connectivity index (χ0n) is 12.3. The Kier molecular flexibility index (Phi) is 6.01. The molecule has 0 saturated heterocycles. The lowest BCUT2D eigenvalue weighted by Crippen LogP contribution is -2.43. The van der Waals surface area contributed by atoms with Gasteiger partial charge in [-0.3, -0.25) is 0 Å². The van der Waals surface area contributed by atoms with Crippen LogP contribution in [-0.4, -0.2) is 32.5 Å². The van der Waals surface area contributed by atoms with Gasteiger partial charge in [0.25, 0.3) is 0 Å². The third-order valence-electron chi connectivity index (χ3n) is 3.60. The third kappa shape index (κ3) is 4.96. The minimum Gasteiger partial charge on any atom is -0.313 e. The second-order valence-corrected chi connectivity index (χ2v) is 7.48. The summed E-state index contributed by atoms with van der Waals surface area (Å²) in [5.74, 6) is 0. The van der Waals surface area contributed by atoms with Crippen LogP contribution in [0, 0.1) is 0 Å². The molecule has 0 aliphatic rings. The van der Waals surface area contributed by atoms with Gasteiger partial charge in [-0.15, -0.1) is 0 Å². The maximum absolute atomic E-state index is 11.7. The van der Waals surface area contributed by atoms with Crippen molar-refractivity contribution in [2.45, 2.75) is 44.9 Å². The Bertz CT molecular complexity index is 479. The molecule has 3 nitrogen and oxygen atoms in total. The van der Waals surface area contributed by atoms with Gasteiger partial charge >= 0.3 is 0 Å². The molecule has 0 bridgehead atoms. The zero-order chi connectivity index (χ0) is 14.5. The molecule has 0 aromatic heterocycles. The number of rotatable bonds is 7. The molecule has 0 spiro atoms. The summed E-state index contributed by atoms with van der Waals surface area (Å²) in [6.45, 7) is 6.69. The summed E-state index contributed by atoms with van der Waals surface area (Å²) in [4.78, 5) is 0. The van der Waals surface area contributed by atoms with E-state index < -0.39 is 9.84 Å². The smallest absolute Gasteiger partial charge is 0.151 e. The van der Waals surface area contributed by atoms with Gasteiger partial charge in [0.05, 0.1) is 5.25 Å². The largest absolute Gasteiger partial charge is 0.313 e. The van der Waals surface area contributed by atoms with Crippen LogP contribution in [0.2, 0.25) is 0 Å². The van der Waals surface area contributed by atoms with E-state index in [4.69, 9.17) is 0 Å². The van der Waals surface area contributed by atoms with Crippen LogP contribution in [0.4, 0.5) is 0 Å². The molecule has 0 saturated carbocycles. The minimum atomic E-state index is -3.02. The molecule has 0 heterocycles. The van der Waals surface area contributed by atoms with Crippen LogP contribution >= 0.6 is 0 Å². The number of benzene rings is 1. The van der Waals surface area contributed by atoms with Crippen molar-refractivity contribution in [1.82, 2.24) is 5.32 Å². The van der Waals surface area contributed by atoms with Crippen molar-refractivity contribution in [2.75, 3.05) is 12.8 Å². The highest BCUT2D eigenvalue weighted by Gasteiger charge is 2.25. The molecule has 0 amide bonds. The van der Waals surface area contributed by atoms with Gasteiger partial charge in [-0.25, -0.2) is 8.42 Å². The number of likely N-dealkylation sites (N-methyl/N-ethyl adjacent to an activating group) is 1. The molecule has 0 aliphatic heterocycles. The van der Waals surface area contributed by atoms with Crippen molar-refractivity contribution in [1.29, 1.82) is 0 Å². The van der Waals surface area contributed by atoms with E-state index in [1.807, 2.05) is 6.92 Å². The van der Waals surface area contributed by atoms with E-state index in [2.05, 4.69) is 36.5 Å². The van der Waals surface area contributed by atoms with Gasteiger partial charge in [-0.05, 0) is 37.4 Å². The molecule has 0 fully saturated rings. The van der Waals surface area contributed by atoms with Gasteiger partial charge in [0.1, 0.15) is 0 Å². The molecule has 1 aromatic carbocycles. The quantitative estimate of drug-likeness (QED) is 0.834. The molecule has 4 heteroatoms. The van der Waals surface area contributed by atoms with Crippen LogP contribution in [0.15, 0.2) is 24.3 Å². The van der Waals surface area contributed by atoms with E-state index in [-0.39, 0.29) is 11.3 Å². The lowest BCUT2D eigenvalue weighted by atomic mass is 10.0. The molecule has 2 unspecified atom stereocenters. The van der Waals surface area contributed by atoms with Crippen LogP contribution in [-0.2, 0) is 22.7 Å². The average molecular weight is 283 g/mol. The first-order chi connectivity index (χ1) is 8.88. The maximum Gasteiger partial charge on any atom is 0.151 e. The maximum atomic E-state index is 11.7. The molecule has 1 N–H and O–H groups in total. The molecule has 108 valence electrons. The summed E-state index contributed by atoms with van der Waals surface area (Å²) in [6.07, 6.45) is 3.07. The van der Waals surface area contributed by atoms with Crippen LogP contribution < -0.4 is 5.32 Å². The average Bonchev–Trinajstić information content (AvgIpc) is 2.37. The topological polar surface area (TPSA) is 46.2 Å². The van der Waals surface area contributed by atoms with E-state index in [0.717, 1.165) is 19.4 Å². The van der Waals surface area contributed by atoms with Gasteiger partial charge in [0.2, 0.25) is 0 Å². The van der Waals surface area contributed by atoms with E-state index in [1.54, 1.807) is 6.92 Å². The third-order valence-corrected chi connectivity index (χ3v) is 5.27. The van der Waals surface area contributed by atoms with Crippen molar-refractivity contribution in [3.05, 3.63) is 35.4 Å². The van der Waals surface area contributed by atoms with Crippen LogP contribution in [0.25, 0.3) is 0 Å². The fourth-order valence-electron chi connectivity index (χ4n) is 2.13. The minimum absolute atomic E-state index is 0.0347. The summed E-state index contributed by atoms with van der Waals surface area (Å²) in [5.41, 5.74) is 2.48. The monoisotopic (exact) mass is 283 g/mol. The lowest BCUT2D eigenvalue weighted by molar-refractivity contribution is 0.494. The molecule has 0 aliphatic carbocycles. The predicted molar refractivity (Wildman–Crippen MR) is 81.3 cm³/mol. The summed E-state index contributed by atoms with van der Waals surface area (Å²) >= 11 is 0. The van der Waals surface area contributed by atoms with Crippen molar-refractivity contribution < 1.29 is 8.42 Å². The highest BCUT2D eigenvalue weighted by Crippen LogP contribution is 2.13. The van der Waals surface area contributed by atoms with Gasteiger partial charge in [0, 0.05) is 12.3 Å². The van der Waals surface area contributed by atoms with Crippen LogP contribution in [0.1, 0.15) is 31.9 Å². The highest BCUT2D eigenvalue weighted by molar-refractivity contribution is 7.91. The highest BCUT2D eigenvalue weighted by atomic mass is 32.2. The normalized spacial score (nSPS) is 15.2. The lowest BCUT2D eigenvalue weighted by Gasteiger charge is -2.23. The standard InChI is InChI=1S/C15H25NO2S/c1-5-13-7-9-14(10-8-13)11-15(16-6-2)12(3)19(4,17)18/h7-10,12,15-16H,5-6,11H2,1-4H3. The zero-order valence-corrected chi connectivity index (χ0v) is 13.1. The Hall–Kier alpha value is -0.870. The molecule has 2 atom stereocenters. The number of hydrogen-bond acceptors (Lipinski definition) is 3. The van der Waals surface area contributed by atoms with Gasteiger partial charge in [-0.2, -0.15) is 0 Å². The molecule has 1 rings (SSSR count). The molecular weight excluding hydrogens is 258 g/mol. The van der Waals surface area contributed by atoms with Crippen molar-refractivity contribution in [3.8, 4) is 0 Å². The summed E-state index contributed by atoms with van der Waals surface area (Å²) < 4.78 is 23.4. The number of nitrogens with one attached hydrogen (secondary N) is 1. The number of sulfone groups is 1. The van der Waals surface area contributed by atoms with Crippen molar-refractivity contribution in [3.63, 3.8) is 0 Å². The predicted octanol–water partition coefficient (Wildman–Crippen LogP) is 2.20. The Morgan fingerprint density at radius 3 is 2.05 bits per heavy atom. The fourth-order valence-corrected chi connectivity index (χ4v) is 2.92. The Morgan fingerprint density at radius 1 is 1.11 bits per heavy atom. The van der Waals surface area contributed by atoms with Crippen LogP contribution in [0.3, 0.4) is 0 Å². The van der Waals surface area contributed by atoms with Gasteiger partial charge < -0.3 is 5.32 Å². The van der Waals surface area contributed by atoms with E-state index in [9.17, 15) is 8.42 Å².